The minimum atomic E-state index is -0.333. The number of methoxy groups -OCH3 is 1. The van der Waals surface area contributed by atoms with Crippen LogP contribution in [0, 0.1) is 0 Å². The molecule has 0 spiro atoms. The topological polar surface area (TPSA) is 87.6 Å². The number of rotatable bonds is 5. The van der Waals surface area contributed by atoms with E-state index in [0.29, 0.717) is 12.3 Å². The number of carbonyl (C=O) groups is 1. The Balaban J connectivity index is 2.93. The maximum Gasteiger partial charge on any atom is 0.302 e. The zero-order valence-electron chi connectivity index (χ0n) is 10.1. The molecule has 0 bridgehead atoms. The van der Waals surface area contributed by atoms with Gasteiger partial charge in [-0.2, -0.15) is 0 Å². The molecule has 4 N–H and O–H groups in total. The summed E-state index contributed by atoms with van der Waals surface area (Å²) in [7, 11) is 1.56. The first kappa shape index (κ1) is 13.5. The van der Waals surface area contributed by atoms with Crippen LogP contribution in [0.4, 0.5) is 0 Å². The van der Waals surface area contributed by atoms with Gasteiger partial charge in [0.25, 0.3) is 0 Å². The van der Waals surface area contributed by atoms with Crippen LogP contribution in [0.15, 0.2) is 18.2 Å². The van der Waals surface area contributed by atoms with Gasteiger partial charge in [-0.3, -0.25) is 4.79 Å². The van der Waals surface area contributed by atoms with Gasteiger partial charge < -0.3 is 20.9 Å². The van der Waals surface area contributed by atoms with Gasteiger partial charge in [0.15, 0.2) is 0 Å². The zero-order valence-corrected chi connectivity index (χ0v) is 10.1. The Bertz CT molecular complexity index is 393. The molecule has 0 aliphatic rings. The van der Waals surface area contributed by atoms with E-state index in [1.807, 2.05) is 12.1 Å². The van der Waals surface area contributed by atoms with E-state index in [4.69, 9.17) is 20.9 Å². The molecule has 5 heteroatoms. The van der Waals surface area contributed by atoms with E-state index in [1.54, 1.807) is 13.2 Å². The molecule has 0 aliphatic carbocycles. The highest BCUT2D eigenvalue weighted by Crippen LogP contribution is 2.23. The maximum atomic E-state index is 10.8. The molecule has 1 aromatic rings. The van der Waals surface area contributed by atoms with Gasteiger partial charge in [-0.15, -0.1) is 0 Å². The number of hydrogen-bond acceptors (Lipinski definition) is 5. The third-order valence-electron chi connectivity index (χ3n) is 2.42. The quantitative estimate of drug-likeness (QED) is 0.738. The molecule has 0 fully saturated rings. The largest absolute Gasteiger partial charge is 0.496 e. The smallest absolute Gasteiger partial charge is 0.302 e. The van der Waals surface area contributed by atoms with Crippen molar-refractivity contribution in [2.24, 2.45) is 11.5 Å². The first-order chi connectivity index (χ1) is 8.08. The normalized spacial score (nSPS) is 12.0. The minimum Gasteiger partial charge on any atom is -0.496 e. The second-order valence-corrected chi connectivity index (χ2v) is 3.69. The van der Waals surface area contributed by atoms with Crippen molar-refractivity contribution < 1.29 is 14.3 Å². The standard InChI is InChI=1S/C12H18N2O3/c1-8(15)17-7-10-5-9(11(14)6-13)3-4-12(10)16-2/h3-5,11H,6-7,13-14H2,1-2H3/t11-/m0/s1. The fraction of sp³-hybridized carbons (Fsp3) is 0.417. The van der Waals surface area contributed by atoms with Crippen molar-refractivity contribution in [2.75, 3.05) is 13.7 Å². The Morgan fingerprint density at radius 2 is 2.18 bits per heavy atom. The highest BCUT2D eigenvalue weighted by atomic mass is 16.5. The molecule has 0 saturated heterocycles. The van der Waals surface area contributed by atoms with Crippen LogP contribution in [0.25, 0.3) is 0 Å². The van der Waals surface area contributed by atoms with Crippen molar-refractivity contribution in [3.05, 3.63) is 29.3 Å². The molecule has 5 nitrogen and oxygen atoms in total. The van der Waals surface area contributed by atoms with E-state index in [-0.39, 0.29) is 18.6 Å². The third-order valence-corrected chi connectivity index (χ3v) is 2.42. The van der Waals surface area contributed by atoms with Crippen LogP contribution in [0.5, 0.6) is 5.75 Å². The summed E-state index contributed by atoms with van der Waals surface area (Å²) in [6, 6.07) is 5.27. The van der Waals surface area contributed by atoms with Gasteiger partial charge in [0.2, 0.25) is 0 Å². The van der Waals surface area contributed by atoms with Crippen molar-refractivity contribution in [3.8, 4) is 5.75 Å². The van der Waals surface area contributed by atoms with Crippen LogP contribution in [0.2, 0.25) is 0 Å². The Morgan fingerprint density at radius 3 is 2.71 bits per heavy atom. The monoisotopic (exact) mass is 238 g/mol. The van der Waals surface area contributed by atoms with Crippen molar-refractivity contribution in [2.45, 2.75) is 19.6 Å². The van der Waals surface area contributed by atoms with Gasteiger partial charge in [0.05, 0.1) is 7.11 Å². The highest BCUT2D eigenvalue weighted by Gasteiger charge is 2.09. The molecule has 17 heavy (non-hydrogen) atoms. The van der Waals surface area contributed by atoms with Gasteiger partial charge in [-0.05, 0) is 17.7 Å². The fourth-order valence-electron chi connectivity index (χ4n) is 1.46. The molecule has 0 heterocycles. The van der Waals surface area contributed by atoms with E-state index < -0.39 is 0 Å². The summed E-state index contributed by atoms with van der Waals surface area (Å²) in [4.78, 5) is 10.8. The number of ether oxygens (including phenoxy) is 2. The fourth-order valence-corrected chi connectivity index (χ4v) is 1.46. The summed E-state index contributed by atoms with van der Waals surface area (Å²) in [5.41, 5.74) is 13.0. The zero-order chi connectivity index (χ0) is 12.8. The van der Waals surface area contributed by atoms with Crippen LogP contribution >= 0.6 is 0 Å². The molecule has 0 aromatic heterocycles. The lowest BCUT2D eigenvalue weighted by atomic mass is 10.0. The van der Waals surface area contributed by atoms with Crippen molar-refractivity contribution in [3.63, 3.8) is 0 Å². The van der Waals surface area contributed by atoms with E-state index in [2.05, 4.69) is 0 Å². The molecular formula is C12H18N2O3. The lowest BCUT2D eigenvalue weighted by Crippen LogP contribution is -2.20. The molecule has 0 aliphatic heterocycles. The predicted molar refractivity (Wildman–Crippen MR) is 64.4 cm³/mol. The summed E-state index contributed by atoms with van der Waals surface area (Å²) < 4.78 is 10.1. The Kier molecular flexibility index (Phi) is 4.93. The molecule has 0 saturated carbocycles. The number of benzene rings is 1. The first-order valence-corrected chi connectivity index (χ1v) is 5.34. The third kappa shape index (κ3) is 3.72. The van der Waals surface area contributed by atoms with E-state index in [0.717, 1.165) is 11.1 Å². The van der Waals surface area contributed by atoms with Crippen LogP contribution in [-0.2, 0) is 16.1 Å². The van der Waals surface area contributed by atoms with Gasteiger partial charge >= 0.3 is 5.97 Å². The first-order valence-electron chi connectivity index (χ1n) is 5.34. The van der Waals surface area contributed by atoms with E-state index in [1.165, 1.54) is 6.92 Å². The lowest BCUT2D eigenvalue weighted by molar-refractivity contribution is -0.142. The van der Waals surface area contributed by atoms with Gasteiger partial charge in [-0.1, -0.05) is 6.07 Å². The maximum absolute atomic E-state index is 10.8. The molecule has 0 radical (unpaired) electrons. The summed E-state index contributed by atoms with van der Waals surface area (Å²) in [5, 5.41) is 0. The number of nitrogens with two attached hydrogens (primary N) is 2. The molecule has 94 valence electrons. The highest BCUT2D eigenvalue weighted by molar-refractivity contribution is 5.66. The molecule has 0 amide bonds. The number of hydrogen-bond donors (Lipinski definition) is 2. The minimum absolute atomic E-state index is 0.170. The SMILES string of the molecule is COc1ccc([C@@H](N)CN)cc1COC(C)=O. The van der Waals surface area contributed by atoms with Gasteiger partial charge in [0, 0.05) is 25.1 Å². The molecule has 1 atom stereocenters. The Labute approximate surface area is 101 Å². The van der Waals surface area contributed by atoms with Crippen LogP contribution in [0.3, 0.4) is 0 Å². The summed E-state index contributed by atoms with van der Waals surface area (Å²) in [5.74, 6) is 0.333. The number of esters is 1. The average molecular weight is 238 g/mol. The van der Waals surface area contributed by atoms with Crippen molar-refractivity contribution >= 4 is 5.97 Å². The molecular weight excluding hydrogens is 220 g/mol. The molecule has 0 unspecified atom stereocenters. The van der Waals surface area contributed by atoms with Crippen LogP contribution in [0.1, 0.15) is 24.1 Å². The van der Waals surface area contributed by atoms with E-state index >= 15 is 0 Å². The lowest BCUT2D eigenvalue weighted by Gasteiger charge is -2.14. The molecule has 1 rings (SSSR count). The van der Waals surface area contributed by atoms with Gasteiger partial charge in [0.1, 0.15) is 12.4 Å². The van der Waals surface area contributed by atoms with Crippen molar-refractivity contribution in [1.82, 2.24) is 0 Å². The second kappa shape index (κ2) is 6.22. The molecule has 1 aromatic carbocycles. The van der Waals surface area contributed by atoms with Crippen LogP contribution < -0.4 is 16.2 Å². The Hall–Kier alpha value is -1.59. The summed E-state index contributed by atoms with van der Waals surface area (Å²) in [6.07, 6.45) is 0. The number of carbonyl (C=O) groups excluding carboxylic acids is 1. The average Bonchev–Trinajstić information content (AvgIpc) is 2.34. The van der Waals surface area contributed by atoms with Crippen molar-refractivity contribution in [1.29, 1.82) is 0 Å². The van der Waals surface area contributed by atoms with Gasteiger partial charge in [-0.25, -0.2) is 0 Å². The van der Waals surface area contributed by atoms with E-state index in [9.17, 15) is 4.79 Å². The Morgan fingerprint density at radius 1 is 1.47 bits per heavy atom. The second-order valence-electron chi connectivity index (χ2n) is 3.69. The van der Waals surface area contributed by atoms with Crippen LogP contribution in [-0.4, -0.2) is 19.6 Å². The summed E-state index contributed by atoms with van der Waals surface area (Å²) in [6.45, 7) is 1.89. The summed E-state index contributed by atoms with van der Waals surface area (Å²) >= 11 is 0. The predicted octanol–water partition coefficient (Wildman–Crippen LogP) is 0.717.